The van der Waals surface area contributed by atoms with Crippen LogP contribution in [0.4, 0.5) is 4.39 Å². The van der Waals surface area contributed by atoms with E-state index in [1.807, 2.05) is 12.1 Å². The molecule has 0 bridgehead atoms. The van der Waals surface area contributed by atoms with Crippen LogP contribution in [-0.2, 0) is 6.54 Å². The molecule has 2 rings (SSSR count). The van der Waals surface area contributed by atoms with Crippen molar-refractivity contribution < 1.29 is 9.50 Å². The minimum Gasteiger partial charge on any atom is -0.396 e. The van der Waals surface area contributed by atoms with E-state index in [0.717, 1.165) is 37.8 Å². The maximum absolute atomic E-state index is 13.1. The largest absolute Gasteiger partial charge is 0.396 e. The molecule has 0 aliphatic heterocycles. The highest BCUT2D eigenvalue weighted by atomic mass is 79.9. The van der Waals surface area contributed by atoms with Gasteiger partial charge in [-0.1, -0.05) is 6.07 Å². The van der Waals surface area contributed by atoms with Crippen LogP contribution < -0.4 is 5.32 Å². The minimum absolute atomic E-state index is 0.220. The third-order valence-electron chi connectivity index (χ3n) is 3.68. The van der Waals surface area contributed by atoms with E-state index in [1.54, 1.807) is 0 Å². The number of aliphatic hydroxyl groups is 1. The first-order valence-corrected chi connectivity index (χ1v) is 7.26. The third-order valence-corrected chi connectivity index (χ3v) is 4.29. The minimum atomic E-state index is -0.220. The van der Waals surface area contributed by atoms with Crippen molar-refractivity contribution in [1.29, 1.82) is 0 Å². The molecule has 0 spiro atoms. The van der Waals surface area contributed by atoms with Gasteiger partial charge in [0.05, 0.1) is 4.47 Å². The second kappa shape index (κ2) is 6.64. The average molecular weight is 316 g/mol. The van der Waals surface area contributed by atoms with Gasteiger partial charge >= 0.3 is 0 Å². The average Bonchev–Trinajstić information content (AvgIpc) is 2.41. The van der Waals surface area contributed by atoms with Crippen LogP contribution in [0, 0.1) is 11.7 Å². The zero-order valence-electron chi connectivity index (χ0n) is 10.3. The topological polar surface area (TPSA) is 32.3 Å². The predicted molar refractivity (Wildman–Crippen MR) is 73.8 cm³/mol. The van der Waals surface area contributed by atoms with Gasteiger partial charge in [-0.05, 0) is 65.2 Å². The van der Waals surface area contributed by atoms with Crippen LogP contribution in [0.3, 0.4) is 0 Å². The van der Waals surface area contributed by atoms with Gasteiger partial charge in [0, 0.05) is 19.2 Å². The summed E-state index contributed by atoms with van der Waals surface area (Å²) in [5, 5.41) is 12.6. The summed E-state index contributed by atoms with van der Waals surface area (Å²) < 4.78 is 13.6. The summed E-state index contributed by atoms with van der Waals surface area (Å²) in [6, 6.07) is 5.65. The van der Waals surface area contributed by atoms with Gasteiger partial charge in [0.1, 0.15) is 5.82 Å². The van der Waals surface area contributed by atoms with Gasteiger partial charge in [0.15, 0.2) is 0 Å². The molecule has 0 atom stereocenters. The molecule has 1 saturated carbocycles. The number of halogens is 2. The molecule has 2 N–H and O–H groups in total. The molecule has 1 aliphatic carbocycles. The van der Waals surface area contributed by atoms with Crippen LogP contribution in [0.2, 0.25) is 0 Å². The van der Waals surface area contributed by atoms with E-state index < -0.39 is 0 Å². The van der Waals surface area contributed by atoms with Crippen LogP contribution >= 0.6 is 15.9 Å². The Balaban J connectivity index is 1.79. The van der Waals surface area contributed by atoms with Gasteiger partial charge in [-0.2, -0.15) is 0 Å². The lowest BCUT2D eigenvalue weighted by Gasteiger charge is -2.28. The smallest absolute Gasteiger partial charge is 0.137 e. The van der Waals surface area contributed by atoms with Crippen molar-refractivity contribution in [2.75, 3.05) is 6.61 Å². The van der Waals surface area contributed by atoms with Gasteiger partial charge in [-0.15, -0.1) is 0 Å². The van der Waals surface area contributed by atoms with E-state index in [9.17, 15) is 4.39 Å². The normalized spacial score (nSPS) is 24.2. The van der Waals surface area contributed by atoms with Crippen LogP contribution in [0.5, 0.6) is 0 Å². The number of nitrogens with one attached hydrogen (secondary N) is 1. The molecular formula is C14H19BrFNO. The molecule has 0 saturated heterocycles. The summed E-state index contributed by atoms with van der Waals surface area (Å²) in [6.45, 7) is 1.09. The fraction of sp³-hybridized carbons (Fsp3) is 0.571. The molecule has 0 radical (unpaired) electrons. The zero-order chi connectivity index (χ0) is 13.0. The Morgan fingerprint density at radius 2 is 2.00 bits per heavy atom. The molecule has 0 heterocycles. The quantitative estimate of drug-likeness (QED) is 0.894. The molecule has 1 aliphatic rings. The van der Waals surface area contributed by atoms with E-state index in [4.69, 9.17) is 5.11 Å². The standard InChI is InChI=1S/C14H19BrFNO/c15-13-7-11(3-6-14(13)16)8-17-12-4-1-10(9-18)2-5-12/h3,6-7,10,12,17-18H,1-2,4-5,8-9H2. The van der Waals surface area contributed by atoms with Crippen LogP contribution in [0.25, 0.3) is 0 Å². The summed E-state index contributed by atoms with van der Waals surface area (Å²) in [5.74, 6) is 0.269. The second-order valence-electron chi connectivity index (χ2n) is 5.03. The number of hydrogen-bond acceptors (Lipinski definition) is 2. The van der Waals surface area contributed by atoms with Crippen molar-refractivity contribution in [3.8, 4) is 0 Å². The Hall–Kier alpha value is -0.450. The fourth-order valence-electron chi connectivity index (χ4n) is 2.46. The molecule has 2 nitrogen and oxygen atoms in total. The van der Waals surface area contributed by atoms with Gasteiger partial charge in [-0.3, -0.25) is 0 Å². The highest BCUT2D eigenvalue weighted by molar-refractivity contribution is 9.10. The first-order valence-electron chi connectivity index (χ1n) is 6.47. The molecule has 0 unspecified atom stereocenters. The summed E-state index contributed by atoms with van der Waals surface area (Å²) in [7, 11) is 0. The fourth-order valence-corrected chi connectivity index (χ4v) is 2.89. The monoisotopic (exact) mass is 315 g/mol. The Kier molecular flexibility index (Phi) is 5.15. The van der Waals surface area contributed by atoms with Crippen LogP contribution in [0.15, 0.2) is 22.7 Å². The van der Waals surface area contributed by atoms with E-state index in [-0.39, 0.29) is 5.82 Å². The van der Waals surface area contributed by atoms with Crippen LogP contribution in [0.1, 0.15) is 31.2 Å². The lowest BCUT2D eigenvalue weighted by molar-refractivity contribution is 0.175. The van der Waals surface area contributed by atoms with Crippen molar-refractivity contribution in [3.63, 3.8) is 0 Å². The molecule has 0 amide bonds. The van der Waals surface area contributed by atoms with Gasteiger partial charge in [0.2, 0.25) is 0 Å². The Morgan fingerprint density at radius 1 is 1.28 bits per heavy atom. The van der Waals surface area contributed by atoms with Gasteiger partial charge in [0.25, 0.3) is 0 Å². The van der Waals surface area contributed by atoms with E-state index in [2.05, 4.69) is 21.2 Å². The van der Waals surface area contributed by atoms with E-state index >= 15 is 0 Å². The first kappa shape index (κ1) is 14.0. The molecule has 4 heteroatoms. The summed E-state index contributed by atoms with van der Waals surface area (Å²) in [4.78, 5) is 0. The Labute approximate surface area is 116 Å². The molecule has 18 heavy (non-hydrogen) atoms. The summed E-state index contributed by atoms with van der Waals surface area (Å²) >= 11 is 3.20. The molecule has 1 aromatic carbocycles. The molecule has 1 aromatic rings. The van der Waals surface area contributed by atoms with E-state index in [1.165, 1.54) is 6.07 Å². The lowest BCUT2D eigenvalue weighted by Crippen LogP contribution is -2.33. The van der Waals surface area contributed by atoms with Gasteiger partial charge in [-0.25, -0.2) is 4.39 Å². The highest BCUT2D eigenvalue weighted by Gasteiger charge is 2.19. The predicted octanol–water partition coefficient (Wildman–Crippen LogP) is 3.23. The Morgan fingerprint density at radius 3 is 2.61 bits per heavy atom. The lowest BCUT2D eigenvalue weighted by atomic mass is 9.86. The summed E-state index contributed by atoms with van der Waals surface area (Å²) in [6.07, 6.45) is 4.43. The third kappa shape index (κ3) is 3.77. The zero-order valence-corrected chi connectivity index (χ0v) is 11.9. The SMILES string of the molecule is OCC1CCC(NCc2ccc(F)c(Br)c2)CC1. The first-order chi connectivity index (χ1) is 8.69. The van der Waals surface area contributed by atoms with Crippen molar-refractivity contribution in [3.05, 3.63) is 34.1 Å². The maximum atomic E-state index is 13.1. The molecule has 1 fully saturated rings. The Bertz CT molecular complexity index is 391. The highest BCUT2D eigenvalue weighted by Crippen LogP contribution is 2.24. The van der Waals surface area contributed by atoms with Crippen LogP contribution in [-0.4, -0.2) is 17.8 Å². The number of rotatable bonds is 4. The van der Waals surface area contributed by atoms with Crippen molar-refractivity contribution >= 4 is 15.9 Å². The summed E-state index contributed by atoms with van der Waals surface area (Å²) in [5.41, 5.74) is 1.09. The molecular weight excluding hydrogens is 297 g/mol. The number of aliphatic hydroxyl groups excluding tert-OH is 1. The van der Waals surface area contributed by atoms with Gasteiger partial charge < -0.3 is 10.4 Å². The van der Waals surface area contributed by atoms with E-state index in [0.29, 0.717) is 23.0 Å². The molecule has 100 valence electrons. The number of hydrogen-bond donors (Lipinski definition) is 2. The van der Waals surface area contributed by atoms with Crippen molar-refractivity contribution in [1.82, 2.24) is 5.32 Å². The van der Waals surface area contributed by atoms with Crippen molar-refractivity contribution in [2.45, 2.75) is 38.3 Å². The number of benzene rings is 1. The van der Waals surface area contributed by atoms with Crippen molar-refractivity contribution in [2.24, 2.45) is 5.92 Å². The second-order valence-corrected chi connectivity index (χ2v) is 5.88. The molecule has 0 aromatic heterocycles. The maximum Gasteiger partial charge on any atom is 0.137 e.